The Morgan fingerprint density at radius 3 is 2.60 bits per heavy atom. The summed E-state index contributed by atoms with van der Waals surface area (Å²) in [5.74, 6) is 1.41. The summed E-state index contributed by atoms with van der Waals surface area (Å²) in [7, 11) is 0. The zero-order valence-corrected chi connectivity index (χ0v) is 14.6. The van der Waals surface area contributed by atoms with Crippen molar-refractivity contribution in [2.24, 2.45) is 5.92 Å². The van der Waals surface area contributed by atoms with Crippen LogP contribution in [0, 0.1) is 5.92 Å². The zero-order valence-electron chi connectivity index (χ0n) is 14.6. The molecule has 136 valence electrons. The third-order valence-electron chi connectivity index (χ3n) is 5.41. The minimum absolute atomic E-state index is 0.0200. The van der Waals surface area contributed by atoms with E-state index in [1.54, 1.807) is 4.90 Å². The lowest BCUT2D eigenvalue weighted by molar-refractivity contribution is -0.152. The van der Waals surface area contributed by atoms with Crippen LogP contribution in [0.4, 0.5) is 0 Å². The number of carbonyl (C=O) groups is 2. The first kappa shape index (κ1) is 16.5. The molecule has 4 rings (SSSR count). The first-order valence-corrected chi connectivity index (χ1v) is 9.04. The molecule has 2 atom stereocenters. The monoisotopic (exact) mass is 348 g/mol. The summed E-state index contributed by atoms with van der Waals surface area (Å²) in [6.45, 7) is 5.16. The minimum atomic E-state index is -0.970. The topological polar surface area (TPSA) is 99.8 Å². The quantitative estimate of drug-likeness (QED) is 0.831. The van der Waals surface area contributed by atoms with Gasteiger partial charge in [-0.3, -0.25) is 9.59 Å². The van der Waals surface area contributed by atoms with E-state index in [1.807, 2.05) is 18.7 Å². The third kappa shape index (κ3) is 3.03. The van der Waals surface area contributed by atoms with Crippen molar-refractivity contribution in [1.82, 2.24) is 19.9 Å². The van der Waals surface area contributed by atoms with Gasteiger partial charge in [0, 0.05) is 32.0 Å². The summed E-state index contributed by atoms with van der Waals surface area (Å²) >= 11 is 0. The van der Waals surface area contributed by atoms with Crippen molar-refractivity contribution >= 4 is 11.8 Å². The van der Waals surface area contributed by atoms with E-state index in [0.29, 0.717) is 37.9 Å². The van der Waals surface area contributed by atoms with E-state index in [9.17, 15) is 14.7 Å². The van der Waals surface area contributed by atoms with Crippen molar-refractivity contribution in [3.63, 3.8) is 0 Å². The van der Waals surface area contributed by atoms with Gasteiger partial charge in [0.05, 0.1) is 12.0 Å². The number of nitrogens with zero attached hydrogens (tertiary/aromatic N) is 4. The highest BCUT2D eigenvalue weighted by molar-refractivity contribution is 5.83. The average Bonchev–Trinajstić information content (AvgIpc) is 3.14. The van der Waals surface area contributed by atoms with Gasteiger partial charge in [0.25, 0.3) is 5.91 Å². The lowest BCUT2D eigenvalue weighted by Crippen LogP contribution is -2.63. The summed E-state index contributed by atoms with van der Waals surface area (Å²) < 4.78 is 5.36. The summed E-state index contributed by atoms with van der Waals surface area (Å²) in [6, 6.07) is 0.0200. The first-order valence-electron chi connectivity index (χ1n) is 9.04. The van der Waals surface area contributed by atoms with Crippen molar-refractivity contribution in [1.29, 1.82) is 0 Å². The van der Waals surface area contributed by atoms with Crippen LogP contribution >= 0.6 is 0 Å². The van der Waals surface area contributed by atoms with Crippen molar-refractivity contribution in [2.75, 3.05) is 19.6 Å². The average molecular weight is 348 g/mol. The SMILES string of the molecule is CC(C)[C@H](O)C(=O)N1CC(N2CC(c3nc(C4CC4)no3)CC2=O)C1. The molecule has 0 radical (unpaired) electrons. The maximum Gasteiger partial charge on any atom is 0.251 e. The molecule has 1 unspecified atom stereocenters. The fraction of sp³-hybridized carbons (Fsp3) is 0.765. The van der Waals surface area contributed by atoms with Gasteiger partial charge in [-0.15, -0.1) is 0 Å². The van der Waals surface area contributed by atoms with E-state index in [0.717, 1.165) is 18.7 Å². The van der Waals surface area contributed by atoms with Gasteiger partial charge >= 0.3 is 0 Å². The molecule has 1 N–H and O–H groups in total. The highest BCUT2D eigenvalue weighted by Gasteiger charge is 2.44. The predicted molar refractivity (Wildman–Crippen MR) is 86.6 cm³/mol. The van der Waals surface area contributed by atoms with Crippen LogP contribution < -0.4 is 0 Å². The van der Waals surface area contributed by atoms with Gasteiger partial charge in [0.15, 0.2) is 5.82 Å². The number of carbonyl (C=O) groups excluding carboxylic acids is 2. The van der Waals surface area contributed by atoms with E-state index >= 15 is 0 Å². The number of hydrogen-bond acceptors (Lipinski definition) is 6. The number of aliphatic hydroxyl groups excluding tert-OH is 1. The molecule has 3 fully saturated rings. The summed E-state index contributed by atoms with van der Waals surface area (Å²) in [4.78, 5) is 32.3. The van der Waals surface area contributed by atoms with E-state index in [-0.39, 0.29) is 29.7 Å². The Hall–Kier alpha value is -1.96. The number of aromatic nitrogens is 2. The molecule has 1 saturated carbocycles. The molecule has 8 nitrogen and oxygen atoms in total. The molecule has 3 heterocycles. The van der Waals surface area contributed by atoms with Crippen molar-refractivity contribution in [2.45, 2.75) is 57.1 Å². The molecule has 2 amide bonds. The Kier molecular flexibility index (Phi) is 4.02. The van der Waals surface area contributed by atoms with Crippen LogP contribution in [0.5, 0.6) is 0 Å². The van der Waals surface area contributed by atoms with Crippen molar-refractivity contribution in [3.05, 3.63) is 11.7 Å². The number of likely N-dealkylation sites (tertiary alicyclic amines) is 2. The van der Waals surface area contributed by atoms with Crippen LogP contribution in [0.1, 0.15) is 56.7 Å². The fourth-order valence-electron chi connectivity index (χ4n) is 3.47. The van der Waals surface area contributed by atoms with E-state index in [4.69, 9.17) is 4.52 Å². The van der Waals surface area contributed by atoms with Gasteiger partial charge in [0.1, 0.15) is 6.10 Å². The minimum Gasteiger partial charge on any atom is -0.383 e. The second-order valence-corrected chi connectivity index (χ2v) is 7.80. The smallest absolute Gasteiger partial charge is 0.251 e. The molecule has 0 spiro atoms. The molecule has 0 aromatic carbocycles. The number of aliphatic hydroxyl groups is 1. The maximum absolute atomic E-state index is 12.3. The first-order chi connectivity index (χ1) is 11.9. The Bertz CT molecular complexity index is 678. The van der Waals surface area contributed by atoms with Gasteiger partial charge in [0.2, 0.25) is 11.8 Å². The van der Waals surface area contributed by atoms with Gasteiger partial charge in [-0.05, 0) is 18.8 Å². The molecular formula is C17H24N4O4. The molecule has 1 aromatic heterocycles. The van der Waals surface area contributed by atoms with Gasteiger partial charge in [-0.2, -0.15) is 4.98 Å². The second kappa shape index (κ2) is 6.09. The lowest BCUT2D eigenvalue weighted by atomic mass is 10.0. The normalized spacial score (nSPS) is 25.6. The number of rotatable bonds is 5. The van der Waals surface area contributed by atoms with Crippen molar-refractivity contribution in [3.8, 4) is 0 Å². The molecule has 3 aliphatic rings. The van der Waals surface area contributed by atoms with E-state index < -0.39 is 6.10 Å². The highest BCUT2D eigenvalue weighted by Crippen LogP contribution is 2.39. The molecule has 0 bridgehead atoms. The molecule has 1 aliphatic carbocycles. The molecule has 2 aliphatic heterocycles. The largest absolute Gasteiger partial charge is 0.383 e. The molecule has 8 heteroatoms. The lowest BCUT2D eigenvalue weighted by Gasteiger charge is -2.45. The maximum atomic E-state index is 12.3. The number of hydrogen-bond donors (Lipinski definition) is 1. The molecule has 2 saturated heterocycles. The van der Waals surface area contributed by atoms with Crippen molar-refractivity contribution < 1.29 is 19.2 Å². The Morgan fingerprint density at radius 1 is 1.24 bits per heavy atom. The zero-order chi connectivity index (χ0) is 17.7. The fourth-order valence-corrected chi connectivity index (χ4v) is 3.47. The van der Waals surface area contributed by atoms with Crippen LogP contribution in [0.15, 0.2) is 4.52 Å². The summed E-state index contributed by atoms with van der Waals surface area (Å²) in [6.07, 6.45) is 1.64. The molecule has 25 heavy (non-hydrogen) atoms. The van der Waals surface area contributed by atoms with Gasteiger partial charge < -0.3 is 19.4 Å². The molecule has 1 aromatic rings. The van der Waals surface area contributed by atoms with Crippen LogP contribution in [-0.4, -0.2) is 68.6 Å². The van der Waals surface area contributed by atoms with E-state index in [2.05, 4.69) is 10.1 Å². The Labute approximate surface area is 146 Å². The molecular weight excluding hydrogens is 324 g/mol. The summed E-state index contributed by atoms with van der Waals surface area (Å²) in [5.41, 5.74) is 0. The third-order valence-corrected chi connectivity index (χ3v) is 5.41. The Morgan fingerprint density at radius 2 is 1.96 bits per heavy atom. The van der Waals surface area contributed by atoms with Gasteiger partial charge in [-0.25, -0.2) is 0 Å². The Balaban J connectivity index is 1.33. The van der Waals surface area contributed by atoms with Gasteiger partial charge in [-0.1, -0.05) is 19.0 Å². The van der Waals surface area contributed by atoms with Crippen LogP contribution in [-0.2, 0) is 9.59 Å². The number of amides is 2. The van der Waals surface area contributed by atoms with Crippen LogP contribution in [0.25, 0.3) is 0 Å². The van der Waals surface area contributed by atoms with Crippen LogP contribution in [0.3, 0.4) is 0 Å². The summed E-state index contributed by atoms with van der Waals surface area (Å²) in [5, 5.41) is 13.9. The van der Waals surface area contributed by atoms with E-state index in [1.165, 1.54) is 0 Å². The highest BCUT2D eigenvalue weighted by atomic mass is 16.5. The standard InChI is InChI=1S/C17H24N4O4/c1-9(2)14(23)17(24)20-7-12(8-20)21-6-11(5-13(21)22)16-18-15(19-25-16)10-3-4-10/h9-12,14,23H,3-8H2,1-2H3/t11?,14-/m0/s1. The second-order valence-electron chi connectivity index (χ2n) is 7.80. The van der Waals surface area contributed by atoms with Crippen LogP contribution in [0.2, 0.25) is 0 Å². The predicted octanol–water partition coefficient (Wildman–Crippen LogP) is 0.491.